The summed E-state index contributed by atoms with van der Waals surface area (Å²) in [7, 11) is 0. The van der Waals surface area contributed by atoms with E-state index in [0.717, 1.165) is 38.5 Å². The van der Waals surface area contributed by atoms with Crippen LogP contribution in [-0.4, -0.2) is 59.9 Å². The van der Waals surface area contributed by atoms with Gasteiger partial charge in [0, 0.05) is 26.2 Å². The largest absolute Gasteiger partial charge is 0.490 e. The fourth-order valence-corrected chi connectivity index (χ4v) is 3.87. The molecule has 2 N–H and O–H groups in total. The number of benzene rings is 1. The van der Waals surface area contributed by atoms with Gasteiger partial charge < -0.3 is 15.2 Å². The van der Waals surface area contributed by atoms with E-state index in [1.54, 1.807) is 0 Å². The van der Waals surface area contributed by atoms with E-state index in [1.807, 2.05) is 0 Å². The highest BCUT2D eigenvalue weighted by molar-refractivity contribution is 5.79. The Balaban J connectivity index is 0.000000318. The molecule has 4 rings (SSSR count). The average Bonchev–Trinajstić information content (AvgIpc) is 3.45. The molecule has 9 heteroatoms. The Morgan fingerprint density at radius 1 is 1.23 bits per heavy atom. The zero-order valence-electron chi connectivity index (χ0n) is 16.8. The SMILES string of the molecule is Cc1ccccc1CN1C[C@H]2C[C@H](C(=O)NCC3CC3)[C@@H](C1)O2.O=C(O)C(F)(F)F. The summed E-state index contributed by atoms with van der Waals surface area (Å²) >= 11 is 0. The summed E-state index contributed by atoms with van der Waals surface area (Å²) in [5.41, 5.74) is 2.72. The van der Waals surface area contributed by atoms with E-state index < -0.39 is 12.1 Å². The zero-order valence-corrected chi connectivity index (χ0v) is 16.8. The van der Waals surface area contributed by atoms with Crippen molar-refractivity contribution in [2.75, 3.05) is 19.6 Å². The molecule has 166 valence electrons. The van der Waals surface area contributed by atoms with E-state index in [0.29, 0.717) is 0 Å². The summed E-state index contributed by atoms with van der Waals surface area (Å²) in [6, 6.07) is 8.55. The molecule has 1 saturated carbocycles. The quantitative estimate of drug-likeness (QED) is 0.754. The normalized spacial score (nSPS) is 25.9. The fourth-order valence-electron chi connectivity index (χ4n) is 3.87. The van der Waals surface area contributed by atoms with Crippen molar-refractivity contribution in [1.29, 1.82) is 0 Å². The maximum atomic E-state index is 12.4. The summed E-state index contributed by atoms with van der Waals surface area (Å²) in [6.07, 6.45) is -1.37. The number of likely N-dealkylation sites (tertiary alicyclic amines) is 1. The number of alkyl halides is 3. The topological polar surface area (TPSA) is 78.9 Å². The minimum atomic E-state index is -5.08. The number of nitrogens with one attached hydrogen (secondary N) is 1. The predicted molar refractivity (Wildman–Crippen MR) is 103 cm³/mol. The van der Waals surface area contributed by atoms with Crippen LogP contribution in [0.3, 0.4) is 0 Å². The van der Waals surface area contributed by atoms with E-state index in [-0.39, 0.29) is 24.0 Å². The number of carboxylic acids is 1. The highest BCUT2D eigenvalue weighted by Crippen LogP contribution is 2.33. The lowest BCUT2D eigenvalue weighted by Crippen LogP contribution is -2.45. The van der Waals surface area contributed by atoms with Gasteiger partial charge in [0.1, 0.15) is 0 Å². The molecule has 1 amide bonds. The van der Waals surface area contributed by atoms with Crippen molar-refractivity contribution >= 4 is 11.9 Å². The van der Waals surface area contributed by atoms with Crippen molar-refractivity contribution in [2.24, 2.45) is 11.8 Å². The molecule has 2 saturated heterocycles. The standard InChI is InChI=1S/C19H26N2O2.C2HF3O2/c1-13-4-2-3-5-15(13)10-21-11-16-8-17(18(12-21)23-16)19(22)20-9-14-6-7-14;3-2(4,5)1(6)7/h2-5,14,16-18H,6-12H2,1H3,(H,20,22);(H,6,7)/t16-,17+,18-;/m1./s1. The number of aliphatic carboxylic acids is 1. The Morgan fingerprint density at radius 2 is 1.90 bits per heavy atom. The van der Waals surface area contributed by atoms with Gasteiger partial charge in [-0.1, -0.05) is 24.3 Å². The molecule has 1 aliphatic carbocycles. The number of amides is 1. The molecule has 2 aliphatic heterocycles. The molecule has 30 heavy (non-hydrogen) atoms. The smallest absolute Gasteiger partial charge is 0.475 e. The van der Waals surface area contributed by atoms with E-state index in [9.17, 15) is 18.0 Å². The Morgan fingerprint density at radius 3 is 2.50 bits per heavy atom. The van der Waals surface area contributed by atoms with Gasteiger partial charge in [0.25, 0.3) is 0 Å². The second-order valence-corrected chi connectivity index (χ2v) is 8.25. The molecule has 1 aromatic rings. The molecule has 2 bridgehead atoms. The first-order valence-corrected chi connectivity index (χ1v) is 10.1. The van der Waals surface area contributed by atoms with Crippen LogP contribution in [0.15, 0.2) is 24.3 Å². The number of fused-ring (bicyclic) bond motifs is 2. The van der Waals surface area contributed by atoms with E-state index >= 15 is 0 Å². The van der Waals surface area contributed by atoms with E-state index in [2.05, 4.69) is 41.4 Å². The van der Waals surface area contributed by atoms with Crippen molar-refractivity contribution in [2.45, 2.75) is 51.1 Å². The summed E-state index contributed by atoms with van der Waals surface area (Å²) < 4.78 is 37.8. The Hall–Kier alpha value is -2.13. The second-order valence-electron chi connectivity index (χ2n) is 8.25. The van der Waals surface area contributed by atoms with Crippen molar-refractivity contribution in [1.82, 2.24) is 10.2 Å². The highest BCUT2D eigenvalue weighted by Gasteiger charge is 2.44. The van der Waals surface area contributed by atoms with Crippen molar-refractivity contribution in [3.8, 4) is 0 Å². The number of rotatable bonds is 5. The highest BCUT2D eigenvalue weighted by atomic mass is 19.4. The van der Waals surface area contributed by atoms with E-state index in [1.165, 1.54) is 24.0 Å². The third-order valence-electron chi connectivity index (χ3n) is 5.73. The number of nitrogens with zero attached hydrogens (tertiary/aromatic N) is 1. The van der Waals surface area contributed by atoms with Gasteiger partial charge in [0.15, 0.2) is 0 Å². The average molecular weight is 428 g/mol. The van der Waals surface area contributed by atoms with Crippen LogP contribution < -0.4 is 5.32 Å². The van der Waals surface area contributed by atoms with Gasteiger partial charge >= 0.3 is 12.1 Å². The molecule has 3 fully saturated rings. The maximum Gasteiger partial charge on any atom is 0.490 e. The van der Waals surface area contributed by atoms with Crippen LogP contribution in [0.4, 0.5) is 13.2 Å². The molecule has 1 aromatic carbocycles. The minimum absolute atomic E-state index is 0.0422. The van der Waals surface area contributed by atoms with Gasteiger partial charge in [-0.25, -0.2) is 4.79 Å². The number of ether oxygens (including phenoxy) is 1. The van der Waals surface area contributed by atoms with Crippen LogP contribution in [0, 0.1) is 18.8 Å². The first kappa shape index (κ1) is 22.6. The predicted octanol–water partition coefficient (Wildman–Crippen LogP) is 2.74. The molecule has 0 unspecified atom stereocenters. The van der Waals surface area contributed by atoms with Crippen molar-refractivity contribution in [3.05, 3.63) is 35.4 Å². The lowest BCUT2D eigenvalue weighted by Gasteiger charge is -2.33. The fraction of sp³-hybridized carbons (Fsp3) is 0.619. The van der Waals surface area contributed by atoms with Crippen LogP contribution in [0.1, 0.15) is 30.4 Å². The van der Waals surface area contributed by atoms with Gasteiger partial charge in [-0.05, 0) is 43.2 Å². The number of hydrogen-bond donors (Lipinski definition) is 2. The number of carbonyl (C=O) groups is 2. The summed E-state index contributed by atoms with van der Waals surface area (Å²) in [5, 5.41) is 10.3. The molecular formula is C21H27F3N2O4. The molecule has 3 aliphatic rings. The lowest BCUT2D eigenvalue weighted by molar-refractivity contribution is -0.192. The summed E-state index contributed by atoms with van der Waals surface area (Å²) in [4.78, 5) is 23.8. The van der Waals surface area contributed by atoms with Crippen molar-refractivity contribution < 1.29 is 32.6 Å². The Labute approximate surface area is 173 Å². The number of aryl methyl sites for hydroxylation is 1. The van der Waals surface area contributed by atoms with Crippen molar-refractivity contribution in [3.63, 3.8) is 0 Å². The number of morpholine rings is 1. The Bertz CT molecular complexity index is 767. The Kier molecular flexibility index (Phi) is 7.02. The van der Waals surface area contributed by atoms with Crippen LogP contribution in [0.5, 0.6) is 0 Å². The number of halogens is 3. The van der Waals surface area contributed by atoms with Gasteiger partial charge in [-0.3, -0.25) is 9.69 Å². The first-order chi connectivity index (χ1) is 14.1. The van der Waals surface area contributed by atoms with Gasteiger partial charge in [-0.2, -0.15) is 13.2 Å². The third-order valence-corrected chi connectivity index (χ3v) is 5.73. The maximum absolute atomic E-state index is 12.4. The summed E-state index contributed by atoms with van der Waals surface area (Å²) in [6.45, 7) is 5.79. The van der Waals surface area contributed by atoms with Crippen LogP contribution in [-0.2, 0) is 20.9 Å². The monoisotopic (exact) mass is 428 g/mol. The molecule has 0 radical (unpaired) electrons. The molecule has 0 aromatic heterocycles. The van der Waals surface area contributed by atoms with Crippen LogP contribution in [0.25, 0.3) is 0 Å². The lowest BCUT2D eigenvalue weighted by atomic mass is 9.99. The van der Waals surface area contributed by atoms with Crippen LogP contribution >= 0.6 is 0 Å². The zero-order chi connectivity index (χ0) is 21.9. The molecule has 0 spiro atoms. The second kappa shape index (κ2) is 9.34. The van der Waals surface area contributed by atoms with E-state index in [4.69, 9.17) is 14.6 Å². The molecular weight excluding hydrogens is 401 g/mol. The molecule has 2 heterocycles. The number of hydrogen-bond acceptors (Lipinski definition) is 4. The van der Waals surface area contributed by atoms with Gasteiger partial charge in [0.2, 0.25) is 5.91 Å². The number of carbonyl (C=O) groups excluding carboxylic acids is 1. The first-order valence-electron chi connectivity index (χ1n) is 10.1. The number of carboxylic acid groups (broad SMARTS) is 1. The van der Waals surface area contributed by atoms with Gasteiger partial charge in [0.05, 0.1) is 18.1 Å². The molecule has 6 nitrogen and oxygen atoms in total. The third kappa shape index (κ3) is 6.18. The minimum Gasteiger partial charge on any atom is -0.475 e. The van der Waals surface area contributed by atoms with Crippen LogP contribution in [0.2, 0.25) is 0 Å². The van der Waals surface area contributed by atoms with Gasteiger partial charge in [-0.15, -0.1) is 0 Å². The molecule has 3 atom stereocenters. The summed E-state index contributed by atoms with van der Waals surface area (Å²) in [5.74, 6) is -1.77.